The Kier molecular flexibility index (Phi) is 6.11. The largest absolute Gasteiger partial charge is 0.497 e. The van der Waals surface area contributed by atoms with Crippen molar-refractivity contribution in [3.05, 3.63) is 65.7 Å². The summed E-state index contributed by atoms with van der Waals surface area (Å²) in [5.74, 6) is 0.810. The summed E-state index contributed by atoms with van der Waals surface area (Å²) in [6.45, 7) is 2.26. The lowest BCUT2D eigenvalue weighted by Crippen LogP contribution is -2.33. The molecule has 1 N–H and O–H groups in total. The van der Waals surface area contributed by atoms with E-state index in [-0.39, 0.29) is 30.6 Å². The smallest absolute Gasteiger partial charge is 0.314 e. The van der Waals surface area contributed by atoms with Gasteiger partial charge in [0.1, 0.15) is 5.75 Å². The molecular formula is C24H25NO6. The van der Waals surface area contributed by atoms with Crippen LogP contribution in [0.2, 0.25) is 0 Å². The highest BCUT2D eigenvalue weighted by molar-refractivity contribution is 5.95. The highest BCUT2D eigenvalue weighted by atomic mass is 16.7. The SMILES string of the molecule is CCOC(=O)[C@H](c1cccc(OC)c1)[C@@H]1C=C[C@@H](NC(=O)c2ccc3c(c2)OCO3)C1. The lowest BCUT2D eigenvalue weighted by Gasteiger charge is -2.23. The van der Waals surface area contributed by atoms with E-state index < -0.39 is 5.92 Å². The molecule has 4 rings (SSSR count). The normalized spacial score (nSPS) is 19.7. The third-order valence-corrected chi connectivity index (χ3v) is 5.49. The number of carbonyl (C=O) groups is 2. The van der Waals surface area contributed by atoms with Gasteiger partial charge >= 0.3 is 5.97 Å². The molecule has 1 heterocycles. The second kappa shape index (κ2) is 9.12. The number of carbonyl (C=O) groups excluding carboxylic acids is 2. The Morgan fingerprint density at radius 2 is 1.97 bits per heavy atom. The number of rotatable bonds is 7. The van der Waals surface area contributed by atoms with E-state index >= 15 is 0 Å². The predicted molar refractivity (Wildman–Crippen MR) is 113 cm³/mol. The summed E-state index contributed by atoms with van der Waals surface area (Å²) in [7, 11) is 1.59. The molecule has 0 saturated carbocycles. The second-order valence-corrected chi connectivity index (χ2v) is 7.44. The van der Waals surface area contributed by atoms with Crippen molar-refractivity contribution < 1.29 is 28.5 Å². The molecule has 0 fully saturated rings. The van der Waals surface area contributed by atoms with E-state index in [0.717, 1.165) is 5.56 Å². The highest BCUT2D eigenvalue weighted by Gasteiger charge is 2.34. The van der Waals surface area contributed by atoms with Crippen LogP contribution < -0.4 is 19.5 Å². The third-order valence-electron chi connectivity index (χ3n) is 5.49. The zero-order valence-electron chi connectivity index (χ0n) is 17.5. The fourth-order valence-corrected chi connectivity index (χ4v) is 4.00. The van der Waals surface area contributed by atoms with E-state index in [1.165, 1.54) is 0 Å². The van der Waals surface area contributed by atoms with Crippen LogP contribution in [0, 0.1) is 5.92 Å². The summed E-state index contributed by atoms with van der Waals surface area (Å²) in [6.07, 6.45) is 4.50. The summed E-state index contributed by atoms with van der Waals surface area (Å²) in [5.41, 5.74) is 1.33. The number of methoxy groups -OCH3 is 1. The molecule has 1 amide bonds. The molecule has 7 nitrogen and oxygen atoms in total. The monoisotopic (exact) mass is 423 g/mol. The van der Waals surface area contributed by atoms with Crippen molar-refractivity contribution in [2.75, 3.05) is 20.5 Å². The molecule has 0 aromatic heterocycles. The molecule has 2 aromatic rings. The second-order valence-electron chi connectivity index (χ2n) is 7.44. The van der Waals surface area contributed by atoms with Crippen LogP contribution in [0.25, 0.3) is 0 Å². The first-order valence-corrected chi connectivity index (χ1v) is 10.3. The average molecular weight is 423 g/mol. The first-order valence-electron chi connectivity index (χ1n) is 10.3. The maximum Gasteiger partial charge on any atom is 0.314 e. The molecule has 0 bridgehead atoms. The van der Waals surface area contributed by atoms with Crippen molar-refractivity contribution in [2.24, 2.45) is 5.92 Å². The van der Waals surface area contributed by atoms with Crippen molar-refractivity contribution in [3.63, 3.8) is 0 Å². The highest BCUT2D eigenvalue weighted by Crippen LogP contribution is 2.36. The maximum atomic E-state index is 12.8. The maximum absolute atomic E-state index is 12.8. The van der Waals surface area contributed by atoms with Crippen molar-refractivity contribution in [1.29, 1.82) is 0 Å². The van der Waals surface area contributed by atoms with Gasteiger partial charge in [-0.2, -0.15) is 0 Å². The van der Waals surface area contributed by atoms with Gasteiger partial charge in [-0.3, -0.25) is 9.59 Å². The Morgan fingerprint density at radius 3 is 2.77 bits per heavy atom. The number of fused-ring (bicyclic) bond motifs is 1. The summed E-state index contributed by atoms with van der Waals surface area (Å²) >= 11 is 0. The van der Waals surface area contributed by atoms with Gasteiger partial charge in [-0.15, -0.1) is 0 Å². The molecule has 0 radical (unpaired) electrons. The number of benzene rings is 2. The minimum absolute atomic E-state index is 0.104. The van der Waals surface area contributed by atoms with E-state index in [1.54, 1.807) is 32.2 Å². The zero-order chi connectivity index (χ0) is 21.8. The Hall–Kier alpha value is -3.48. The van der Waals surface area contributed by atoms with Crippen LogP contribution in [0.5, 0.6) is 17.2 Å². The number of hydrogen-bond donors (Lipinski definition) is 1. The van der Waals surface area contributed by atoms with Crippen LogP contribution >= 0.6 is 0 Å². The van der Waals surface area contributed by atoms with Gasteiger partial charge in [0.05, 0.1) is 19.6 Å². The van der Waals surface area contributed by atoms with Gasteiger partial charge in [0.2, 0.25) is 6.79 Å². The van der Waals surface area contributed by atoms with E-state index in [1.807, 2.05) is 36.4 Å². The number of nitrogens with one attached hydrogen (secondary N) is 1. The summed E-state index contributed by atoms with van der Waals surface area (Å²) in [5, 5.41) is 3.02. The standard InChI is InChI=1S/C24H25NO6/c1-3-29-24(27)22(15-5-4-6-19(12-15)28-2)16-7-9-18(11-16)25-23(26)17-8-10-20-21(13-17)31-14-30-20/h4-10,12-13,16,18,22H,3,11,14H2,1-2H3,(H,25,26)/t16-,18-,22-/m1/s1. The molecule has 31 heavy (non-hydrogen) atoms. The van der Waals surface area contributed by atoms with Gasteiger partial charge < -0.3 is 24.3 Å². The summed E-state index contributed by atoms with van der Waals surface area (Å²) in [4.78, 5) is 25.5. The van der Waals surface area contributed by atoms with Gasteiger partial charge in [0.15, 0.2) is 11.5 Å². The summed E-state index contributed by atoms with van der Waals surface area (Å²) < 4.78 is 21.3. The number of esters is 1. The Labute approximate surface area is 180 Å². The van der Waals surface area contributed by atoms with Crippen molar-refractivity contribution in [3.8, 4) is 17.2 Å². The van der Waals surface area contributed by atoms with Crippen molar-refractivity contribution in [1.82, 2.24) is 5.32 Å². The lowest BCUT2D eigenvalue weighted by molar-refractivity contribution is -0.146. The lowest BCUT2D eigenvalue weighted by atomic mass is 9.85. The first kappa shape index (κ1) is 20.8. The fraction of sp³-hybridized carbons (Fsp3) is 0.333. The topological polar surface area (TPSA) is 83.1 Å². The molecule has 0 unspecified atom stereocenters. The molecule has 0 spiro atoms. The van der Waals surface area contributed by atoms with Gasteiger partial charge in [0, 0.05) is 11.6 Å². The molecule has 1 aliphatic carbocycles. The van der Waals surface area contributed by atoms with Crippen molar-refractivity contribution >= 4 is 11.9 Å². The van der Waals surface area contributed by atoms with Crippen LogP contribution in [-0.4, -0.2) is 38.4 Å². The van der Waals surface area contributed by atoms with Crippen LogP contribution in [0.4, 0.5) is 0 Å². The molecule has 7 heteroatoms. The predicted octanol–water partition coefficient (Wildman–Crippen LogP) is 3.45. The van der Waals surface area contributed by atoms with E-state index in [0.29, 0.717) is 35.8 Å². The number of amides is 1. The average Bonchev–Trinajstić information content (AvgIpc) is 3.43. The van der Waals surface area contributed by atoms with Gasteiger partial charge in [-0.1, -0.05) is 24.3 Å². The minimum Gasteiger partial charge on any atom is -0.497 e. The zero-order valence-corrected chi connectivity index (χ0v) is 17.5. The van der Waals surface area contributed by atoms with Crippen LogP contribution in [0.3, 0.4) is 0 Å². The number of ether oxygens (including phenoxy) is 4. The quantitative estimate of drug-likeness (QED) is 0.543. The number of hydrogen-bond acceptors (Lipinski definition) is 6. The van der Waals surface area contributed by atoms with Crippen LogP contribution in [0.1, 0.15) is 35.2 Å². The number of allylic oxidation sites excluding steroid dienone is 1. The molecule has 0 saturated heterocycles. The fourth-order valence-electron chi connectivity index (χ4n) is 4.00. The van der Waals surface area contributed by atoms with Crippen LogP contribution in [0.15, 0.2) is 54.6 Å². The molecular weight excluding hydrogens is 398 g/mol. The Morgan fingerprint density at radius 1 is 1.13 bits per heavy atom. The molecule has 1 aliphatic heterocycles. The molecule has 2 aliphatic rings. The van der Waals surface area contributed by atoms with Gasteiger partial charge in [-0.05, 0) is 55.2 Å². The third kappa shape index (κ3) is 4.50. The van der Waals surface area contributed by atoms with Crippen molar-refractivity contribution in [2.45, 2.75) is 25.3 Å². The van der Waals surface area contributed by atoms with E-state index in [9.17, 15) is 9.59 Å². The first-order chi connectivity index (χ1) is 15.1. The van der Waals surface area contributed by atoms with Crippen LogP contribution in [-0.2, 0) is 9.53 Å². The van der Waals surface area contributed by atoms with Gasteiger partial charge in [0.25, 0.3) is 5.91 Å². The summed E-state index contributed by atoms with van der Waals surface area (Å²) in [6, 6.07) is 12.4. The Balaban J connectivity index is 1.46. The Bertz CT molecular complexity index is 1000. The van der Waals surface area contributed by atoms with Gasteiger partial charge in [-0.25, -0.2) is 0 Å². The molecule has 3 atom stereocenters. The van der Waals surface area contributed by atoms with E-state index in [4.69, 9.17) is 18.9 Å². The van der Waals surface area contributed by atoms with E-state index in [2.05, 4.69) is 5.32 Å². The molecule has 2 aromatic carbocycles. The minimum atomic E-state index is -0.473. The molecule has 162 valence electrons.